The maximum Gasteiger partial charge on any atom is 0.303 e. The topological polar surface area (TPSA) is 93.4 Å². The first-order chi connectivity index (χ1) is 9.13. The molecule has 0 aromatic heterocycles. The summed E-state index contributed by atoms with van der Waals surface area (Å²) in [5.74, 6) is -1.32. The van der Waals surface area contributed by atoms with E-state index in [1.807, 2.05) is 11.0 Å². The first-order valence-electron chi connectivity index (χ1n) is 6.49. The molecule has 0 atom stereocenters. The van der Waals surface area contributed by atoms with Gasteiger partial charge in [-0.05, 0) is 25.7 Å². The monoisotopic (exact) mass is 265 g/mol. The SMILES string of the molecule is N#C/C(=C/N1CCCCC1)C(=O)NCCCC(=O)O. The molecule has 1 aliphatic heterocycles. The normalized spacial score (nSPS) is 15.7. The summed E-state index contributed by atoms with van der Waals surface area (Å²) in [6.07, 6.45) is 5.33. The molecular weight excluding hydrogens is 246 g/mol. The molecule has 2 N–H and O–H groups in total. The molecule has 0 saturated carbocycles. The molecule has 0 aromatic carbocycles. The summed E-state index contributed by atoms with van der Waals surface area (Å²) in [5.41, 5.74) is 0.0808. The Balaban J connectivity index is 2.40. The molecule has 6 nitrogen and oxygen atoms in total. The van der Waals surface area contributed by atoms with Crippen LogP contribution in [0.15, 0.2) is 11.8 Å². The molecule has 0 radical (unpaired) electrons. The number of carbonyl (C=O) groups excluding carboxylic acids is 1. The number of carbonyl (C=O) groups is 2. The van der Waals surface area contributed by atoms with Gasteiger partial charge in [0, 0.05) is 32.3 Å². The highest BCUT2D eigenvalue weighted by Crippen LogP contribution is 2.10. The molecule has 0 aliphatic carbocycles. The van der Waals surface area contributed by atoms with Crippen LogP contribution in [-0.2, 0) is 9.59 Å². The van der Waals surface area contributed by atoms with E-state index >= 15 is 0 Å². The van der Waals surface area contributed by atoms with Crippen LogP contribution in [0, 0.1) is 11.3 Å². The van der Waals surface area contributed by atoms with Crippen molar-refractivity contribution in [3.05, 3.63) is 11.8 Å². The van der Waals surface area contributed by atoms with Crippen LogP contribution in [0.25, 0.3) is 0 Å². The van der Waals surface area contributed by atoms with Crippen LogP contribution in [0.2, 0.25) is 0 Å². The number of aliphatic carboxylic acids is 1. The first-order valence-corrected chi connectivity index (χ1v) is 6.49. The molecule has 0 bridgehead atoms. The lowest BCUT2D eigenvalue weighted by Crippen LogP contribution is -2.29. The predicted molar refractivity (Wildman–Crippen MR) is 69.0 cm³/mol. The second-order valence-corrected chi connectivity index (χ2v) is 4.50. The van der Waals surface area contributed by atoms with Gasteiger partial charge in [-0.2, -0.15) is 5.26 Å². The highest BCUT2D eigenvalue weighted by molar-refractivity contribution is 5.97. The third-order valence-corrected chi connectivity index (χ3v) is 2.92. The number of carboxylic acids is 1. The summed E-state index contributed by atoms with van der Waals surface area (Å²) >= 11 is 0. The van der Waals surface area contributed by atoms with Gasteiger partial charge in [0.05, 0.1) is 0 Å². The van der Waals surface area contributed by atoms with E-state index in [9.17, 15) is 9.59 Å². The third-order valence-electron chi connectivity index (χ3n) is 2.92. The van der Waals surface area contributed by atoms with Gasteiger partial charge in [-0.25, -0.2) is 0 Å². The van der Waals surface area contributed by atoms with Gasteiger partial charge < -0.3 is 15.3 Å². The minimum Gasteiger partial charge on any atom is -0.481 e. The fourth-order valence-corrected chi connectivity index (χ4v) is 1.91. The Labute approximate surface area is 112 Å². The number of nitrogens with one attached hydrogen (secondary N) is 1. The second kappa shape index (κ2) is 8.14. The zero-order valence-electron chi connectivity index (χ0n) is 10.9. The summed E-state index contributed by atoms with van der Waals surface area (Å²) in [5, 5.41) is 20.0. The highest BCUT2D eigenvalue weighted by Gasteiger charge is 2.12. The van der Waals surface area contributed by atoms with Crippen molar-refractivity contribution in [1.29, 1.82) is 5.26 Å². The van der Waals surface area contributed by atoms with Crippen LogP contribution in [0.3, 0.4) is 0 Å². The van der Waals surface area contributed by atoms with Gasteiger partial charge in [-0.1, -0.05) is 0 Å². The van der Waals surface area contributed by atoms with Crippen LogP contribution in [0.4, 0.5) is 0 Å². The zero-order chi connectivity index (χ0) is 14.1. The smallest absolute Gasteiger partial charge is 0.303 e. The summed E-state index contributed by atoms with van der Waals surface area (Å²) in [7, 11) is 0. The number of piperidine rings is 1. The van der Waals surface area contributed by atoms with Gasteiger partial charge >= 0.3 is 5.97 Å². The Morgan fingerprint density at radius 3 is 2.58 bits per heavy atom. The molecule has 0 unspecified atom stereocenters. The van der Waals surface area contributed by atoms with Crippen LogP contribution in [-0.4, -0.2) is 41.5 Å². The number of carboxylic acid groups (broad SMARTS) is 1. The zero-order valence-corrected chi connectivity index (χ0v) is 10.9. The fourth-order valence-electron chi connectivity index (χ4n) is 1.91. The summed E-state index contributed by atoms with van der Waals surface area (Å²) in [4.78, 5) is 24.0. The highest BCUT2D eigenvalue weighted by atomic mass is 16.4. The van der Waals surface area contributed by atoms with Crippen LogP contribution >= 0.6 is 0 Å². The molecule has 0 aromatic rings. The standard InChI is InChI=1S/C13H19N3O3/c14-9-11(10-16-7-2-1-3-8-16)13(19)15-6-4-5-12(17)18/h10H,1-8H2,(H,15,19)(H,17,18)/b11-10-. The van der Waals surface area contributed by atoms with Gasteiger partial charge in [0.15, 0.2) is 0 Å². The van der Waals surface area contributed by atoms with Crippen molar-refractivity contribution in [3.8, 4) is 6.07 Å². The molecule has 1 saturated heterocycles. The van der Waals surface area contributed by atoms with E-state index in [1.54, 1.807) is 6.20 Å². The Kier molecular flexibility index (Phi) is 6.44. The first kappa shape index (κ1) is 15.0. The molecule has 1 aliphatic rings. The van der Waals surface area contributed by atoms with Crippen molar-refractivity contribution in [3.63, 3.8) is 0 Å². The number of likely N-dealkylation sites (tertiary alicyclic amines) is 1. The maximum absolute atomic E-state index is 11.7. The van der Waals surface area contributed by atoms with E-state index in [1.165, 1.54) is 6.42 Å². The van der Waals surface area contributed by atoms with Gasteiger partial charge in [0.25, 0.3) is 5.91 Å². The molecule has 1 heterocycles. The van der Waals surface area contributed by atoms with Crippen molar-refractivity contribution in [2.24, 2.45) is 0 Å². The van der Waals surface area contributed by atoms with Crippen molar-refractivity contribution in [1.82, 2.24) is 10.2 Å². The van der Waals surface area contributed by atoms with Crippen molar-refractivity contribution < 1.29 is 14.7 Å². The molecule has 19 heavy (non-hydrogen) atoms. The molecule has 1 amide bonds. The summed E-state index contributed by atoms with van der Waals surface area (Å²) in [6, 6.07) is 1.89. The van der Waals surface area contributed by atoms with Gasteiger partial charge in [0.1, 0.15) is 11.6 Å². The van der Waals surface area contributed by atoms with E-state index in [2.05, 4.69) is 5.32 Å². The van der Waals surface area contributed by atoms with Gasteiger partial charge in [-0.3, -0.25) is 9.59 Å². The molecule has 1 fully saturated rings. The lowest BCUT2D eigenvalue weighted by molar-refractivity contribution is -0.137. The predicted octanol–water partition coefficient (Wildman–Crippen LogP) is 0.861. The molecule has 104 valence electrons. The van der Waals surface area contributed by atoms with E-state index in [0.29, 0.717) is 6.42 Å². The van der Waals surface area contributed by atoms with Crippen molar-refractivity contribution in [2.45, 2.75) is 32.1 Å². The number of hydrogen-bond donors (Lipinski definition) is 2. The second-order valence-electron chi connectivity index (χ2n) is 4.50. The Hall–Kier alpha value is -2.03. The number of rotatable bonds is 6. The van der Waals surface area contributed by atoms with Crippen molar-refractivity contribution in [2.75, 3.05) is 19.6 Å². The van der Waals surface area contributed by atoms with Gasteiger partial charge in [0.2, 0.25) is 0 Å². The third kappa shape index (κ3) is 5.91. The summed E-state index contributed by atoms with van der Waals surface area (Å²) in [6.45, 7) is 2.01. The maximum atomic E-state index is 11.7. The van der Waals surface area contributed by atoms with E-state index < -0.39 is 11.9 Å². The van der Waals surface area contributed by atoms with E-state index in [0.717, 1.165) is 25.9 Å². The van der Waals surface area contributed by atoms with Crippen LogP contribution in [0.1, 0.15) is 32.1 Å². The fraction of sp³-hybridized carbons (Fsp3) is 0.615. The number of hydrogen-bond acceptors (Lipinski definition) is 4. The number of nitrogens with zero attached hydrogens (tertiary/aromatic N) is 2. The molecule has 1 rings (SSSR count). The van der Waals surface area contributed by atoms with E-state index in [4.69, 9.17) is 10.4 Å². The quantitative estimate of drug-likeness (QED) is 0.422. The lowest BCUT2D eigenvalue weighted by atomic mass is 10.1. The Bertz CT molecular complexity index is 392. The van der Waals surface area contributed by atoms with Gasteiger partial charge in [-0.15, -0.1) is 0 Å². The number of amides is 1. The number of nitriles is 1. The molecule has 6 heteroatoms. The van der Waals surface area contributed by atoms with Crippen molar-refractivity contribution >= 4 is 11.9 Å². The Morgan fingerprint density at radius 2 is 2.00 bits per heavy atom. The summed E-state index contributed by atoms with van der Waals surface area (Å²) < 4.78 is 0. The minimum absolute atomic E-state index is 0.0119. The minimum atomic E-state index is -0.890. The molecule has 0 spiro atoms. The average Bonchev–Trinajstić information content (AvgIpc) is 2.41. The lowest BCUT2D eigenvalue weighted by Gasteiger charge is -2.25. The van der Waals surface area contributed by atoms with Crippen LogP contribution < -0.4 is 5.32 Å². The van der Waals surface area contributed by atoms with Crippen LogP contribution in [0.5, 0.6) is 0 Å². The average molecular weight is 265 g/mol. The Morgan fingerprint density at radius 1 is 1.32 bits per heavy atom. The van der Waals surface area contributed by atoms with E-state index in [-0.39, 0.29) is 18.5 Å². The largest absolute Gasteiger partial charge is 0.481 e. The molecular formula is C13H19N3O3.